The third-order valence-corrected chi connectivity index (χ3v) is 7.46. The average molecular weight is 554 g/mol. The molecular formula is C26H27Cl2F2N3O4. The van der Waals surface area contributed by atoms with Crippen molar-refractivity contribution in [1.29, 1.82) is 0 Å². The van der Waals surface area contributed by atoms with E-state index in [1.54, 1.807) is 6.08 Å². The standard InChI is InChI=1S/C26H27Cl2F2N3O4/c1-12(2)7-21-26(15-9-19(30)17(28)10-20(15)32-25(26)37)22(13-3-4-18(29)16(27)8-13)23(33-21)24(36)31-6-5-14(35)11-34/h3-4,7-10,14,21-23,33-35H,5-6,11H2,1-2H3,(H,31,36)(H,32,37). The number of carbonyl (C=O) groups is 2. The maximum atomic E-state index is 14.8. The number of aliphatic hydroxyl groups excluding tert-OH is 2. The van der Waals surface area contributed by atoms with Crippen molar-refractivity contribution in [3.63, 3.8) is 0 Å². The molecule has 5 atom stereocenters. The lowest BCUT2D eigenvalue weighted by Crippen LogP contribution is -2.47. The molecule has 0 aliphatic carbocycles. The Morgan fingerprint density at radius 2 is 1.89 bits per heavy atom. The maximum Gasteiger partial charge on any atom is 0.237 e. The fourth-order valence-electron chi connectivity index (χ4n) is 5.30. The summed E-state index contributed by atoms with van der Waals surface area (Å²) < 4.78 is 28.9. The van der Waals surface area contributed by atoms with Gasteiger partial charge in [0, 0.05) is 24.2 Å². The molecule has 4 rings (SSSR count). The van der Waals surface area contributed by atoms with Crippen LogP contribution < -0.4 is 16.0 Å². The molecule has 1 spiro atoms. The summed E-state index contributed by atoms with van der Waals surface area (Å²) in [4.78, 5) is 27.4. The lowest BCUT2D eigenvalue weighted by molar-refractivity contribution is -0.123. The minimum atomic E-state index is -1.51. The minimum absolute atomic E-state index is 0.0585. The molecule has 2 aromatic rings. The summed E-state index contributed by atoms with van der Waals surface area (Å²) in [5.41, 5.74) is 0.362. The smallest absolute Gasteiger partial charge is 0.237 e. The number of hydrogen-bond donors (Lipinski definition) is 5. The van der Waals surface area contributed by atoms with Crippen LogP contribution >= 0.6 is 23.2 Å². The van der Waals surface area contributed by atoms with Gasteiger partial charge in [-0.2, -0.15) is 0 Å². The van der Waals surface area contributed by atoms with Crippen molar-refractivity contribution in [1.82, 2.24) is 10.6 Å². The van der Waals surface area contributed by atoms with E-state index in [0.717, 1.165) is 11.6 Å². The van der Waals surface area contributed by atoms with Gasteiger partial charge in [-0.3, -0.25) is 14.9 Å². The predicted octanol–water partition coefficient (Wildman–Crippen LogP) is 3.41. The summed E-state index contributed by atoms with van der Waals surface area (Å²) in [6.45, 7) is 3.27. The fourth-order valence-corrected chi connectivity index (χ4v) is 5.65. The van der Waals surface area contributed by atoms with Crippen LogP contribution in [0.15, 0.2) is 42.0 Å². The van der Waals surface area contributed by atoms with Crippen LogP contribution in [0.3, 0.4) is 0 Å². The zero-order valence-electron chi connectivity index (χ0n) is 20.1. The molecule has 11 heteroatoms. The Kier molecular flexibility index (Phi) is 7.92. The van der Waals surface area contributed by atoms with E-state index in [-0.39, 0.29) is 23.0 Å². The van der Waals surface area contributed by atoms with E-state index in [1.165, 1.54) is 24.3 Å². The quantitative estimate of drug-likeness (QED) is 0.337. The third kappa shape index (κ3) is 4.86. The first-order chi connectivity index (χ1) is 17.5. The Bertz CT molecular complexity index is 1270. The molecule has 7 nitrogen and oxygen atoms in total. The number of aliphatic hydroxyl groups is 2. The monoisotopic (exact) mass is 553 g/mol. The van der Waals surface area contributed by atoms with E-state index in [1.807, 2.05) is 13.8 Å². The highest BCUT2D eigenvalue weighted by Crippen LogP contribution is 2.55. The highest BCUT2D eigenvalue weighted by Gasteiger charge is 2.65. The highest BCUT2D eigenvalue weighted by atomic mass is 35.5. The van der Waals surface area contributed by atoms with Crippen molar-refractivity contribution in [3.05, 3.63) is 74.8 Å². The number of fused-ring (bicyclic) bond motifs is 2. The molecule has 5 N–H and O–H groups in total. The van der Waals surface area contributed by atoms with Gasteiger partial charge in [0.2, 0.25) is 11.8 Å². The topological polar surface area (TPSA) is 111 Å². The number of benzene rings is 2. The summed E-state index contributed by atoms with van der Waals surface area (Å²) in [5.74, 6) is -3.30. The van der Waals surface area contributed by atoms with Gasteiger partial charge in [-0.1, -0.05) is 40.9 Å². The molecule has 2 amide bonds. The van der Waals surface area contributed by atoms with Gasteiger partial charge >= 0.3 is 0 Å². The number of amides is 2. The van der Waals surface area contributed by atoms with E-state index in [9.17, 15) is 23.5 Å². The van der Waals surface area contributed by atoms with Crippen molar-refractivity contribution in [2.75, 3.05) is 18.5 Å². The summed E-state index contributed by atoms with van der Waals surface area (Å²) in [6.07, 6.45) is 0.896. The molecular weight excluding hydrogens is 527 g/mol. The first-order valence-corrected chi connectivity index (χ1v) is 12.5. The molecule has 0 bridgehead atoms. The van der Waals surface area contributed by atoms with Gasteiger partial charge < -0.3 is 20.8 Å². The molecule has 2 heterocycles. The van der Waals surface area contributed by atoms with Crippen LogP contribution in [0.2, 0.25) is 10.0 Å². The lowest BCUT2D eigenvalue weighted by Gasteiger charge is -2.34. The molecule has 5 unspecified atom stereocenters. The van der Waals surface area contributed by atoms with Crippen LogP contribution in [-0.4, -0.2) is 53.4 Å². The van der Waals surface area contributed by atoms with Gasteiger partial charge in [0.1, 0.15) is 17.0 Å². The molecule has 0 aromatic heterocycles. The normalized spacial score (nSPS) is 25.1. The highest BCUT2D eigenvalue weighted by molar-refractivity contribution is 6.31. The van der Waals surface area contributed by atoms with Gasteiger partial charge in [-0.15, -0.1) is 0 Å². The third-order valence-electron chi connectivity index (χ3n) is 6.88. The van der Waals surface area contributed by atoms with Crippen molar-refractivity contribution >= 4 is 40.7 Å². The Labute approximate surface area is 222 Å². The maximum absolute atomic E-state index is 14.8. The second kappa shape index (κ2) is 10.7. The molecule has 0 saturated carbocycles. The van der Waals surface area contributed by atoms with Crippen LogP contribution in [-0.2, 0) is 15.0 Å². The van der Waals surface area contributed by atoms with E-state index >= 15 is 0 Å². The molecule has 2 aliphatic rings. The van der Waals surface area contributed by atoms with Gasteiger partial charge in [-0.25, -0.2) is 8.78 Å². The number of rotatable bonds is 7. The van der Waals surface area contributed by atoms with E-state index in [4.69, 9.17) is 28.3 Å². The minimum Gasteiger partial charge on any atom is -0.394 e. The Balaban J connectivity index is 1.91. The number of anilines is 1. The average Bonchev–Trinajstić information content (AvgIpc) is 3.31. The summed E-state index contributed by atoms with van der Waals surface area (Å²) in [6, 6.07) is 4.71. The largest absolute Gasteiger partial charge is 0.394 e. The fraction of sp³-hybridized carbons (Fsp3) is 0.385. The molecule has 0 radical (unpaired) electrons. The molecule has 1 fully saturated rings. The Morgan fingerprint density at radius 1 is 1.19 bits per heavy atom. The molecule has 2 aromatic carbocycles. The van der Waals surface area contributed by atoms with Crippen molar-refractivity contribution in [3.8, 4) is 0 Å². The second-order valence-electron chi connectivity index (χ2n) is 9.57. The van der Waals surface area contributed by atoms with E-state index in [2.05, 4.69) is 16.0 Å². The lowest BCUT2D eigenvalue weighted by atomic mass is 9.64. The Morgan fingerprint density at radius 3 is 2.54 bits per heavy atom. The summed E-state index contributed by atoms with van der Waals surface area (Å²) >= 11 is 12.1. The number of nitrogens with one attached hydrogen (secondary N) is 3. The van der Waals surface area contributed by atoms with Crippen molar-refractivity contribution in [2.45, 2.75) is 49.8 Å². The first kappa shape index (κ1) is 27.5. The van der Waals surface area contributed by atoms with Crippen LogP contribution in [0.1, 0.15) is 37.3 Å². The number of halogens is 4. The van der Waals surface area contributed by atoms with Crippen molar-refractivity contribution in [2.24, 2.45) is 0 Å². The van der Waals surface area contributed by atoms with Gasteiger partial charge in [0.25, 0.3) is 0 Å². The number of hydrogen-bond acceptors (Lipinski definition) is 5. The van der Waals surface area contributed by atoms with Crippen LogP contribution in [0.5, 0.6) is 0 Å². The summed E-state index contributed by atoms with van der Waals surface area (Å²) in [7, 11) is 0. The van der Waals surface area contributed by atoms with E-state index in [0.29, 0.717) is 16.8 Å². The number of allylic oxidation sites excluding steroid dienone is 1. The molecule has 2 aliphatic heterocycles. The number of carbonyl (C=O) groups excluding carboxylic acids is 2. The molecule has 198 valence electrons. The van der Waals surface area contributed by atoms with Crippen molar-refractivity contribution < 1.29 is 28.6 Å². The first-order valence-electron chi connectivity index (χ1n) is 11.7. The zero-order valence-corrected chi connectivity index (χ0v) is 21.6. The van der Waals surface area contributed by atoms with Gasteiger partial charge in [-0.05, 0) is 55.7 Å². The Hall–Kier alpha value is -2.56. The second-order valence-corrected chi connectivity index (χ2v) is 10.4. The molecule has 1 saturated heterocycles. The van der Waals surface area contributed by atoms with E-state index < -0.39 is 59.6 Å². The zero-order chi connectivity index (χ0) is 27.1. The van der Waals surface area contributed by atoms with Crippen LogP contribution in [0.25, 0.3) is 0 Å². The predicted molar refractivity (Wildman–Crippen MR) is 137 cm³/mol. The molecule has 37 heavy (non-hydrogen) atoms. The SMILES string of the molecule is CC(C)=CC1NC(C(=O)NCCC(O)CO)C(c2ccc(F)c(Cl)c2)C12C(=O)Nc1cc(Cl)c(F)cc12. The summed E-state index contributed by atoms with van der Waals surface area (Å²) in [5, 5.41) is 27.1. The van der Waals surface area contributed by atoms with Crippen LogP contribution in [0.4, 0.5) is 14.5 Å². The van der Waals surface area contributed by atoms with Gasteiger partial charge in [0.05, 0.1) is 28.8 Å². The van der Waals surface area contributed by atoms with Gasteiger partial charge in [0.15, 0.2) is 0 Å². The van der Waals surface area contributed by atoms with Crippen LogP contribution in [0, 0.1) is 11.6 Å².